The van der Waals surface area contributed by atoms with Crippen molar-refractivity contribution >= 4 is 27.5 Å². The van der Waals surface area contributed by atoms with E-state index in [2.05, 4.69) is 10.6 Å². The first-order chi connectivity index (χ1) is 14.3. The van der Waals surface area contributed by atoms with Gasteiger partial charge in [-0.25, -0.2) is 8.42 Å². The molecule has 8 heteroatoms. The number of sulfonamides is 1. The van der Waals surface area contributed by atoms with E-state index in [0.717, 1.165) is 5.56 Å². The molecule has 0 saturated heterocycles. The van der Waals surface area contributed by atoms with Crippen molar-refractivity contribution in [3.05, 3.63) is 59.7 Å². The third-order valence-corrected chi connectivity index (χ3v) is 6.87. The molecule has 0 aliphatic rings. The highest BCUT2D eigenvalue weighted by molar-refractivity contribution is 7.89. The van der Waals surface area contributed by atoms with Crippen LogP contribution < -0.4 is 10.6 Å². The molecule has 0 fully saturated rings. The predicted molar refractivity (Wildman–Crippen MR) is 118 cm³/mol. The second-order valence-corrected chi connectivity index (χ2v) is 8.79. The fourth-order valence-electron chi connectivity index (χ4n) is 3.04. The average molecular weight is 432 g/mol. The van der Waals surface area contributed by atoms with Crippen LogP contribution in [0.3, 0.4) is 0 Å². The fraction of sp³-hybridized carbons (Fsp3) is 0.364. The number of aryl methyl sites for hydroxylation is 1. The van der Waals surface area contributed by atoms with Crippen LogP contribution in [0.15, 0.2) is 53.4 Å². The highest BCUT2D eigenvalue weighted by Crippen LogP contribution is 2.23. The number of carbonyl (C=O) groups excluding carboxylic acids is 2. The Morgan fingerprint density at radius 1 is 0.967 bits per heavy atom. The number of benzene rings is 2. The minimum Gasteiger partial charge on any atom is -0.355 e. The smallest absolute Gasteiger partial charge is 0.243 e. The van der Waals surface area contributed by atoms with Crippen molar-refractivity contribution in [3.63, 3.8) is 0 Å². The van der Waals surface area contributed by atoms with Gasteiger partial charge in [-0.2, -0.15) is 4.31 Å². The van der Waals surface area contributed by atoms with Gasteiger partial charge in [-0.15, -0.1) is 0 Å². The highest BCUT2D eigenvalue weighted by Gasteiger charge is 2.24. The standard InChI is InChI=1S/C22H29N3O4S/c1-4-25(5-2)30(28,29)20-16-19(12-11-17(20)3)24-21(26)13-14-23-22(27)15-18-9-7-6-8-10-18/h6-12,16H,4-5,13-15H2,1-3H3,(H,23,27)(H,24,26). The van der Waals surface area contributed by atoms with Gasteiger partial charge < -0.3 is 10.6 Å². The molecule has 0 spiro atoms. The summed E-state index contributed by atoms with van der Waals surface area (Å²) < 4.78 is 27.0. The number of hydrogen-bond acceptors (Lipinski definition) is 4. The zero-order valence-corrected chi connectivity index (χ0v) is 18.5. The summed E-state index contributed by atoms with van der Waals surface area (Å²) in [6.45, 7) is 6.25. The third kappa shape index (κ3) is 6.40. The maximum absolute atomic E-state index is 12.8. The lowest BCUT2D eigenvalue weighted by Gasteiger charge is -2.20. The Kier molecular flexibility index (Phi) is 8.56. The first-order valence-electron chi connectivity index (χ1n) is 9.99. The SMILES string of the molecule is CCN(CC)S(=O)(=O)c1cc(NC(=O)CCNC(=O)Cc2ccccc2)ccc1C. The van der Waals surface area contributed by atoms with Gasteiger partial charge in [-0.05, 0) is 30.2 Å². The van der Waals surface area contributed by atoms with Crippen LogP contribution in [0, 0.1) is 6.92 Å². The molecule has 0 heterocycles. The Balaban J connectivity index is 1.93. The normalized spacial score (nSPS) is 11.3. The van der Waals surface area contributed by atoms with E-state index in [9.17, 15) is 18.0 Å². The van der Waals surface area contributed by atoms with Crippen LogP contribution >= 0.6 is 0 Å². The van der Waals surface area contributed by atoms with Gasteiger partial charge in [0.2, 0.25) is 21.8 Å². The number of hydrogen-bond donors (Lipinski definition) is 2. The molecule has 0 aliphatic carbocycles. The highest BCUT2D eigenvalue weighted by atomic mass is 32.2. The van der Waals surface area contributed by atoms with Crippen molar-refractivity contribution < 1.29 is 18.0 Å². The molecule has 7 nitrogen and oxygen atoms in total. The molecule has 0 radical (unpaired) electrons. The quantitative estimate of drug-likeness (QED) is 0.605. The molecule has 0 bridgehead atoms. The molecular formula is C22H29N3O4S. The summed E-state index contributed by atoms with van der Waals surface area (Å²) in [6, 6.07) is 14.2. The molecule has 0 aliphatic heterocycles. The van der Waals surface area contributed by atoms with Crippen LogP contribution in [0.4, 0.5) is 5.69 Å². The van der Waals surface area contributed by atoms with E-state index >= 15 is 0 Å². The average Bonchev–Trinajstić information content (AvgIpc) is 2.70. The summed E-state index contributed by atoms with van der Waals surface area (Å²) in [5.41, 5.74) is 1.93. The van der Waals surface area contributed by atoms with Gasteiger partial charge in [-0.3, -0.25) is 9.59 Å². The molecule has 2 aromatic rings. The van der Waals surface area contributed by atoms with Crippen LogP contribution in [0.25, 0.3) is 0 Å². The van der Waals surface area contributed by atoms with Gasteiger partial charge in [0.05, 0.1) is 11.3 Å². The summed E-state index contributed by atoms with van der Waals surface area (Å²) in [6.07, 6.45) is 0.347. The maximum atomic E-state index is 12.8. The second-order valence-electron chi connectivity index (χ2n) is 6.88. The van der Waals surface area contributed by atoms with Crippen molar-refractivity contribution in [1.29, 1.82) is 0 Å². The first kappa shape index (κ1) is 23.6. The molecule has 0 unspecified atom stereocenters. The summed E-state index contributed by atoms with van der Waals surface area (Å²) in [5, 5.41) is 5.43. The second kappa shape index (κ2) is 10.9. The fourth-order valence-corrected chi connectivity index (χ4v) is 4.75. The lowest BCUT2D eigenvalue weighted by Crippen LogP contribution is -2.31. The predicted octanol–water partition coefficient (Wildman–Crippen LogP) is 2.71. The number of amides is 2. The number of carbonyl (C=O) groups is 2. The lowest BCUT2D eigenvalue weighted by molar-refractivity contribution is -0.120. The van der Waals surface area contributed by atoms with E-state index in [0.29, 0.717) is 24.3 Å². The Labute approximate surface area is 178 Å². The summed E-state index contributed by atoms with van der Waals surface area (Å²) in [5.74, 6) is -0.456. The van der Waals surface area contributed by atoms with Crippen molar-refractivity contribution in [2.75, 3.05) is 25.0 Å². The van der Waals surface area contributed by atoms with Crippen LogP contribution in [-0.4, -0.2) is 44.2 Å². The Morgan fingerprint density at radius 3 is 2.27 bits per heavy atom. The van der Waals surface area contributed by atoms with Gasteiger partial charge in [0, 0.05) is 31.7 Å². The topological polar surface area (TPSA) is 95.6 Å². The number of rotatable bonds is 10. The van der Waals surface area contributed by atoms with Crippen molar-refractivity contribution in [1.82, 2.24) is 9.62 Å². The van der Waals surface area contributed by atoms with Crippen LogP contribution in [0.2, 0.25) is 0 Å². The largest absolute Gasteiger partial charge is 0.355 e. The molecular weight excluding hydrogens is 402 g/mol. The van der Waals surface area contributed by atoms with Crippen LogP contribution in [0.5, 0.6) is 0 Å². The van der Waals surface area contributed by atoms with Crippen LogP contribution in [0.1, 0.15) is 31.4 Å². The lowest BCUT2D eigenvalue weighted by atomic mass is 10.1. The number of anilines is 1. The van der Waals surface area contributed by atoms with Crippen molar-refractivity contribution in [2.45, 2.75) is 38.5 Å². The first-order valence-corrected chi connectivity index (χ1v) is 11.4. The molecule has 0 saturated carbocycles. The molecule has 162 valence electrons. The minimum absolute atomic E-state index is 0.0898. The third-order valence-electron chi connectivity index (χ3n) is 4.68. The monoisotopic (exact) mass is 431 g/mol. The van der Waals surface area contributed by atoms with Gasteiger partial charge in [-0.1, -0.05) is 50.2 Å². The molecule has 2 aromatic carbocycles. The molecule has 30 heavy (non-hydrogen) atoms. The maximum Gasteiger partial charge on any atom is 0.243 e. The zero-order chi connectivity index (χ0) is 22.1. The molecule has 2 rings (SSSR count). The van der Waals surface area contributed by atoms with Crippen molar-refractivity contribution in [2.24, 2.45) is 0 Å². The Morgan fingerprint density at radius 2 is 1.63 bits per heavy atom. The minimum atomic E-state index is -3.62. The molecule has 2 amide bonds. The number of nitrogens with one attached hydrogen (secondary N) is 2. The van der Waals surface area contributed by atoms with E-state index in [1.54, 1.807) is 32.9 Å². The van der Waals surface area contributed by atoms with Gasteiger partial charge in [0.1, 0.15) is 0 Å². The van der Waals surface area contributed by atoms with Crippen molar-refractivity contribution in [3.8, 4) is 0 Å². The van der Waals surface area contributed by atoms with E-state index in [1.165, 1.54) is 10.4 Å². The Hall–Kier alpha value is -2.71. The van der Waals surface area contributed by atoms with Gasteiger partial charge in [0.25, 0.3) is 0 Å². The summed E-state index contributed by atoms with van der Waals surface area (Å²) in [7, 11) is -3.62. The van der Waals surface area contributed by atoms with Crippen LogP contribution in [-0.2, 0) is 26.0 Å². The molecule has 0 atom stereocenters. The zero-order valence-electron chi connectivity index (χ0n) is 17.6. The van der Waals surface area contributed by atoms with E-state index in [1.807, 2.05) is 30.3 Å². The van der Waals surface area contributed by atoms with Gasteiger partial charge >= 0.3 is 0 Å². The van der Waals surface area contributed by atoms with E-state index in [4.69, 9.17) is 0 Å². The summed E-state index contributed by atoms with van der Waals surface area (Å²) in [4.78, 5) is 24.4. The van der Waals surface area contributed by atoms with Gasteiger partial charge in [0.15, 0.2) is 0 Å². The summed E-state index contributed by atoms with van der Waals surface area (Å²) >= 11 is 0. The van der Waals surface area contributed by atoms with E-state index in [-0.39, 0.29) is 36.1 Å². The Bertz CT molecular complexity index is 971. The molecule has 0 aromatic heterocycles. The molecule has 2 N–H and O–H groups in total. The van der Waals surface area contributed by atoms with E-state index < -0.39 is 10.0 Å². The number of nitrogens with zero attached hydrogens (tertiary/aromatic N) is 1.